The van der Waals surface area contributed by atoms with Crippen LogP contribution in [0.2, 0.25) is 0 Å². The van der Waals surface area contributed by atoms with Gasteiger partial charge in [0.1, 0.15) is 0 Å². The van der Waals surface area contributed by atoms with Crippen molar-refractivity contribution in [1.29, 1.82) is 0 Å². The summed E-state index contributed by atoms with van der Waals surface area (Å²) >= 11 is 0. The van der Waals surface area contributed by atoms with Gasteiger partial charge in [-0.15, -0.1) is 0 Å². The van der Waals surface area contributed by atoms with Crippen molar-refractivity contribution in [3.8, 4) is 0 Å². The van der Waals surface area contributed by atoms with E-state index in [9.17, 15) is 43.9 Å². The third-order valence-corrected chi connectivity index (χ3v) is 5.87. The van der Waals surface area contributed by atoms with E-state index in [0.29, 0.717) is 0 Å². The summed E-state index contributed by atoms with van der Waals surface area (Å²) < 4.78 is 113. The van der Waals surface area contributed by atoms with Crippen molar-refractivity contribution in [3.63, 3.8) is 0 Å². The highest BCUT2D eigenvalue weighted by atomic mass is 32.2. The van der Waals surface area contributed by atoms with Gasteiger partial charge in [0, 0.05) is 19.5 Å². The highest BCUT2D eigenvalue weighted by molar-refractivity contribution is 7.90. The molecule has 0 aromatic rings. The molecule has 0 aromatic carbocycles. The first-order chi connectivity index (χ1) is 11.8. The number of rotatable bonds is 11. The molecule has 0 aliphatic carbocycles. The lowest BCUT2D eigenvalue weighted by Gasteiger charge is -2.33. The van der Waals surface area contributed by atoms with Crippen LogP contribution in [0.5, 0.6) is 0 Å². The van der Waals surface area contributed by atoms with Gasteiger partial charge in [0.15, 0.2) is 0 Å². The van der Waals surface area contributed by atoms with E-state index >= 15 is 0 Å². The quantitative estimate of drug-likeness (QED) is 0.400. The lowest BCUT2D eigenvalue weighted by molar-refractivity contribution is -0.889. The summed E-state index contributed by atoms with van der Waals surface area (Å²) in [5.74, 6) is -7.85. The number of carbonyl (C=O) groups is 1. The molecule has 0 aliphatic heterocycles. The maximum absolute atomic E-state index is 13.6. The summed E-state index contributed by atoms with van der Waals surface area (Å²) in [5, 5.41) is 2.25. The van der Waals surface area contributed by atoms with Crippen LogP contribution in [-0.2, 0) is 14.8 Å². The predicted octanol–water partition coefficient (Wildman–Crippen LogP) is 2.37. The standard InChI is InChI=1S/C13H21F7N2O4S/c1-4-21(7-5-8-22(2,3)9-6-10(23)24)27(25,26)13(19,20)11(14,15)12(16,17)18/h4-9H2,1-3H3/p+1. The molecule has 0 heterocycles. The zero-order valence-electron chi connectivity index (χ0n) is 14.9. The molecule has 0 rings (SSSR count). The monoisotopic (exact) mass is 435 g/mol. The summed E-state index contributed by atoms with van der Waals surface area (Å²) in [5.41, 5.74) is 0. The van der Waals surface area contributed by atoms with E-state index < -0.39 is 46.4 Å². The Kier molecular flexibility index (Phi) is 8.11. The summed E-state index contributed by atoms with van der Waals surface area (Å²) in [7, 11) is -3.17. The highest BCUT2D eigenvalue weighted by Crippen LogP contribution is 2.49. The van der Waals surface area contributed by atoms with Crippen molar-refractivity contribution in [1.82, 2.24) is 4.31 Å². The number of aliphatic carboxylic acids is 1. The van der Waals surface area contributed by atoms with Gasteiger partial charge in [-0.05, 0) is 0 Å². The number of sulfonamides is 1. The summed E-state index contributed by atoms with van der Waals surface area (Å²) in [6.45, 7) is -0.244. The summed E-state index contributed by atoms with van der Waals surface area (Å²) in [6, 6.07) is 0. The van der Waals surface area contributed by atoms with E-state index in [0.717, 1.165) is 6.92 Å². The number of hydrogen-bond donors (Lipinski definition) is 1. The summed E-state index contributed by atoms with van der Waals surface area (Å²) in [6.07, 6.45) is -7.13. The molecule has 0 radical (unpaired) electrons. The van der Waals surface area contributed by atoms with E-state index in [-0.39, 0.29) is 34.7 Å². The molecular formula is C13H22F7N2O4S+. The van der Waals surface area contributed by atoms with Crippen LogP contribution in [0.4, 0.5) is 30.7 Å². The second-order valence-corrected chi connectivity index (χ2v) is 8.45. The Bertz CT molecular complexity index is 621. The third kappa shape index (κ3) is 5.91. The van der Waals surface area contributed by atoms with Gasteiger partial charge in [-0.3, -0.25) is 4.79 Å². The molecule has 14 heteroatoms. The molecule has 0 spiro atoms. The average molecular weight is 435 g/mol. The van der Waals surface area contributed by atoms with Crippen molar-refractivity contribution >= 4 is 16.0 Å². The fraction of sp³-hybridized carbons (Fsp3) is 0.923. The van der Waals surface area contributed by atoms with Crippen LogP contribution >= 0.6 is 0 Å². The van der Waals surface area contributed by atoms with Crippen molar-refractivity contribution < 1.29 is 53.5 Å². The third-order valence-electron chi connectivity index (χ3n) is 3.84. The number of alkyl halides is 7. The SMILES string of the molecule is CCN(CCC[N+](C)(C)CCC(=O)O)S(=O)(=O)C(F)(F)C(F)(F)C(F)(F)F. The lowest BCUT2D eigenvalue weighted by atomic mass is 10.3. The van der Waals surface area contributed by atoms with Gasteiger partial charge >= 0.3 is 23.3 Å². The number of halogens is 7. The van der Waals surface area contributed by atoms with Crippen molar-refractivity contribution in [2.45, 2.75) is 37.1 Å². The Morgan fingerprint density at radius 2 is 1.52 bits per heavy atom. The molecule has 0 unspecified atom stereocenters. The highest BCUT2D eigenvalue weighted by Gasteiger charge is 2.79. The van der Waals surface area contributed by atoms with Crippen LogP contribution in [0.1, 0.15) is 19.8 Å². The average Bonchev–Trinajstić information content (AvgIpc) is 2.48. The van der Waals surface area contributed by atoms with Gasteiger partial charge < -0.3 is 9.59 Å². The number of carboxylic acid groups (broad SMARTS) is 1. The maximum atomic E-state index is 13.6. The topological polar surface area (TPSA) is 74.7 Å². The van der Waals surface area contributed by atoms with Crippen LogP contribution in [0, 0.1) is 0 Å². The molecule has 1 N–H and O–H groups in total. The van der Waals surface area contributed by atoms with Crippen molar-refractivity contribution in [2.75, 3.05) is 40.3 Å². The number of nitrogens with zero attached hydrogens (tertiary/aromatic N) is 2. The van der Waals surface area contributed by atoms with Crippen LogP contribution in [0.15, 0.2) is 0 Å². The molecule has 0 fully saturated rings. The second-order valence-electron chi connectivity index (χ2n) is 6.47. The Morgan fingerprint density at radius 3 is 1.89 bits per heavy atom. The van der Waals surface area contributed by atoms with Crippen molar-refractivity contribution in [3.05, 3.63) is 0 Å². The fourth-order valence-electron chi connectivity index (χ4n) is 2.12. The molecule has 162 valence electrons. The smallest absolute Gasteiger partial charge is 0.461 e. The van der Waals surface area contributed by atoms with E-state index in [1.54, 1.807) is 14.1 Å². The molecule has 0 amide bonds. The van der Waals surface area contributed by atoms with E-state index in [4.69, 9.17) is 5.11 Å². The summed E-state index contributed by atoms with van der Waals surface area (Å²) in [4.78, 5) is 10.5. The van der Waals surface area contributed by atoms with E-state index in [2.05, 4.69) is 0 Å². The van der Waals surface area contributed by atoms with Gasteiger partial charge in [0.2, 0.25) is 0 Å². The zero-order chi connectivity index (χ0) is 21.9. The van der Waals surface area contributed by atoms with Crippen molar-refractivity contribution in [2.24, 2.45) is 0 Å². The first-order valence-electron chi connectivity index (χ1n) is 7.69. The molecule has 0 bridgehead atoms. The predicted molar refractivity (Wildman–Crippen MR) is 80.8 cm³/mol. The molecule has 0 saturated heterocycles. The molecule has 0 aliphatic rings. The van der Waals surface area contributed by atoms with E-state index in [1.165, 1.54) is 0 Å². The largest absolute Gasteiger partial charge is 0.481 e. The Balaban J connectivity index is 5.29. The van der Waals surface area contributed by atoms with Crippen LogP contribution < -0.4 is 0 Å². The number of quaternary nitrogens is 1. The molecule has 0 aromatic heterocycles. The fourth-order valence-corrected chi connectivity index (χ4v) is 3.60. The Labute approximate surface area is 152 Å². The number of carboxylic acids is 1. The molecule has 6 nitrogen and oxygen atoms in total. The van der Waals surface area contributed by atoms with Gasteiger partial charge in [-0.2, -0.15) is 35.0 Å². The molecule has 0 saturated carbocycles. The van der Waals surface area contributed by atoms with Gasteiger partial charge in [0.05, 0.1) is 33.6 Å². The van der Waals surface area contributed by atoms with Crippen LogP contribution in [0.25, 0.3) is 0 Å². The second kappa shape index (κ2) is 8.47. The molecule has 27 heavy (non-hydrogen) atoms. The normalized spacial score (nSPS) is 14.6. The van der Waals surface area contributed by atoms with Gasteiger partial charge in [-0.25, -0.2) is 8.42 Å². The van der Waals surface area contributed by atoms with Gasteiger partial charge in [0.25, 0.3) is 10.0 Å². The number of hydrogen-bond acceptors (Lipinski definition) is 3. The first kappa shape index (κ1) is 25.8. The maximum Gasteiger partial charge on any atom is 0.461 e. The lowest BCUT2D eigenvalue weighted by Crippen LogP contribution is -2.59. The molecule has 0 atom stereocenters. The molecular weight excluding hydrogens is 413 g/mol. The first-order valence-corrected chi connectivity index (χ1v) is 9.13. The van der Waals surface area contributed by atoms with E-state index in [1.807, 2.05) is 0 Å². The minimum Gasteiger partial charge on any atom is -0.481 e. The zero-order valence-corrected chi connectivity index (χ0v) is 15.7. The van der Waals surface area contributed by atoms with Crippen LogP contribution in [-0.4, -0.2) is 85.9 Å². The Morgan fingerprint density at radius 1 is 1.04 bits per heavy atom. The van der Waals surface area contributed by atoms with Crippen LogP contribution in [0.3, 0.4) is 0 Å². The van der Waals surface area contributed by atoms with Gasteiger partial charge in [-0.1, -0.05) is 6.92 Å². The minimum absolute atomic E-state index is 0.0546. The minimum atomic E-state index is -6.76. The Hall–Kier alpha value is -1.15.